The summed E-state index contributed by atoms with van der Waals surface area (Å²) in [6.45, 7) is 3.98. The lowest BCUT2D eigenvalue weighted by Crippen LogP contribution is -2.26. The van der Waals surface area contributed by atoms with Crippen LogP contribution in [0.25, 0.3) is 0 Å². The van der Waals surface area contributed by atoms with E-state index in [1.54, 1.807) is 0 Å². The molecule has 9 heteroatoms. The highest BCUT2D eigenvalue weighted by Gasteiger charge is 2.20. The molecule has 0 aromatic carbocycles. The first-order valence-electron chi connectivity index (χ1n) is 6.68. The number of carbonyl (C=O) groups is 1. The second kappa shape index (κ2) is 8.90. The lowest BCUT2D eigenvalue weighted by molar-refractivity contribution is -0.385. The van der Waals surface area contributed by atoms with Crippen molar-refractivity contribution < 1.29 is 19.2 Å². The fraction of sp³-hybridized carbons (Fsp3) is 0.667. The van der Waals surface area contributed by atoms with Crippen molar-refractivity contribution in [2.24, 2.45) is 0 Å². The van der Waals surface area contributed by atoms with Crippen LogP contribution in [0.2, 0.25) is 0 Å². The molecule has 1 aromatic heterocycles. The van der Waals surface area contributed by atoms with E-state index >= 15 is 0 Å². The maximum atomic E-state index is 11.6. The van der Waals surface area contributed by atoms with Crippen LogP contribution in [0.5, 0.6) is 5.88 Å². The van der Waals surface area contributed by atoms with Crippen LogP contribution in [0.1, 0.15) is 19.8 Å². The second-order valence-corrected chi connectivity index (χ2v) is 4.19. The smallest absolute Gasteiger partial charge is 0.350 e. The molecule has 0 saturated heterocycles. The van der Waals surface area contributed by atoms with Gasteiger partial charge in [0.25, 0.3) is 0 Å². The van der Waals surface area contributed by atoms with Crippen LogP contribution in [0, 0.1) is 10.1 Å². The maximum Gasteiger partial charge on any atom is 0.350 e. The van der Waals surface area contributed by atoms with Gasteiger partial charge in [0.15, 0.2) is 0 Å². The third-order valence-electron chi connectivity index (χ3n) is 2.66. The molecular weight excluding hydrogens is 280 g/mol. The van der Waals surface area contributed by atoms with Gasteiger partial charge in [0.05, 0.1) is 18.6 Å². The molecular formula is C12H20N4O5. The molecule has 0 radical (unpaired) electrons. The van der Waals surface area contributed by atoms with Crippen LogP contribution in [0.15, 0.2) is 6.20 Å². The predicted molar refractivity (Wildman–Crippen MR) is 74.2 cm³/mol. The predicted octanol–water partition coefficient (Wildman–Crippen LogP) is 0.733. The van der Waals surface area contributed by atoms with Crippen molar-refractivity contribution in [2.75, 3.05) is 26.9 Å². The molecule has 0 saturated carbocycles. The largest absolute Gasteiger partial charge is 0.475 e. The summed E-state index contributed by atoms with van der Waals surface area (Å²) in [6.07, 6.45) is 2.19. The minimum atomic E-state index is -0.573. The van der Waals surface area contributed by atoms with Gasteiger partial charge >= 0.3 is 11.6 Å². The SMILES string of the molecule is CCOCCCNC(=O)CCn1cc([N+](=O)[O-])c(OC)n1. The Bertz CT molecular complexity index is 474. The number of methoxy groups -OCH3 is 1. The van der Waals surface area contributed by atoms with Crippen molar-refractivity contribution in [3.8, 4) is 5.88 Å². The Labute approximate surface area is 122 Å². The average molecular weight is 300 g/mol. The summed E-state index contributed by atoms with van der Waals surface area (Å²) in [6, 6.07) is 0. The lowest BCUT2D eigenvalue weighted by atomic mass is 10.3. The highest BCUT2D eigenvalue weighted by atomic mass is 16.6. The van der Waals surface area contributed by atoms with Gasteiger partial charge in [0.1, 0.15) is 6.20 Å². The summed E-state index contributed by atoms with van der Waals surface area (Å²) in [5.41, 5.74) is -0.213. The first-order chi connectivity index (χ1) is 10.1. The standard InChI is InChI=1S/C12H20N4O5/c1-3-21-8-4-6-13-11(17)5-7-15-9-10(16(18)19)12(14-15)20-2/h9H,3-8H2,1-2H3,(H,13,17). The Balaban J connectivity index is 2.34. The molecule has 0 aliphatic heterocycles. The van der Waals surface area contributed by atoms with E-state index in [0.29, 0.717) is 19.8 Å². The zero-order chi connectivity index (χ0) is 15.7. The monoisotopic (exact) mass is 300 g/mol. The normalized spacial score (nSPS) is 10.4. The third-order valence-corrected chi connectivity index (χ3v) is 2.66. The molecule has 1 aromatic rings. The quantitative estimate of drug-likeness (QED) is 0.388. The Morgan fingerprint density at radius 2 is 2.33 bits per heavy atom. The minimum Gasteiger partial charge on any atom is -0.475 e. The summed E-state index contributed by atoms with van der Waals surface area (Å²) < 4.78 is 11.3. The highest BCUT2D eigenvalue weighted by molar-refractivity contribution is 5.75. The first-order valence-corrected chi connectivity index (χ1v) is 6.68. The maximum absolute atomic E-state index is 11.6. The Morgan fingerprint density at radius 3 is 2.90 bits per heavy atom. The summed E-state index contributed by atoms with van der Waals surface area (Å²) >= 11 is 0. The fourth-order valence-corrected chi connectivity index (χ4v) is 1.63. The zero-order valence-electron chi connectivity index (χ0n) is 12.2. The van der Waals surface area contributed by atoms with E-state index < -0.39 is 4.92 Å². The molecule has 1 N–H and O–H groups in total. The van der Waals surface area contributed by atoms with Crippen LogP contribution in [-0.4, -0.2) is 47.5 Å². The van der Waals surface area contributed by atoms with E-state index in [2.05, 4.69) is 10.4 Å². The van der Waals surface area contributed by atoms with Gasteiger partial charge in [-0.3, -0.25) is 19.6 Å². The molecule has 0 aliphatic rings. The first kappa shape index (κ1) is 16.9. The number of hydrogen-bond acceptors (Lipinski definition) is 6. The third kappa shape index (κ3) is 5.78. The molecule has 0 atom stereocenters. The minimum absolute atomic E-state index is 0.0582. The lowest BCUT2D eigenvalue weighted by Gasteiger charge is -2.05. The Hall–Kier alpha value is -2.16. The molecule has 0 unspecified atom stereocenters. The average Bonchev–Trinajstić information content (AvgIpc) is 2.88. The van der Waals surface area contributed by atoms with Gasteiger partial charge < -0.3 is 14.8 Å². The van der Waals surface area contributed by atoms with Gasteiger partial charge in [-0.15, -0.1) is 5.10 Å². The molecule has 1 heterocycles. The van der Waals surface area contributed by atoms with Crippen LogP contribution < -0.4 is 10.1 Å². The van der Waals surface area contributed by atoms with Crippen LogP contribution in [-0.2, 0) is 16.1 Å². The fourth-order valence-electron chi connectivity index (χ4n) is 1.63. The topological polar surface area (TPSA) is 109 Å². The molecule has 1 amide bonds. The molecule has 0 spiro atoms. The summed E-state index contributed by atoms with van der Waals surface area (Å²) in [5.74, 6) is -0.194. The van der Waals surface area contributed by atoms with E-state index in [9.17, 15) is 14.9 Å². The summed E-state index contributed by atoms with van der Waals surface area (Å²) in [7, 11) is 1.31. The summed E-state index contributed by atoms with van der Waals surface area (Å²) in [4.78, 5) is 21.8. The van der Waals surface area contributed by atoms with E-state index in [-0.39, 0.29) is 30.4 Å². The molecule has 9 nitrogen and oxygen atoms in total. The van der Waals surface area contributed by atoms with Crippen molar-refractivity contribution >= 4 is 11.6 Å². The number of nitrogens with one attached hydrogen (secondary N) is 1. The van der Waals surface area contributed by atoms with Crippen molar-refractivity contribution in [1.82, 2.24) is 15.1 Å². The van der Waals surface area contributed by atoms with Crippen LogP contribution >= 0.6 is 0 Å². The molecule has 0 fully saturated rings. The molecule has 118 valence electrons. The van der Waals surface area contributed by atoms with Crippen LogP contribution in [0.3, 0.4) is 0 Å². The van der Waals surface area contributed by atoms with Crippen molar-refractivity contribution in [3.05, 3.63) is 16.3 Å². The Kier molecular flexibility index (Phi) is 7.16. The van der Waals surface area contributed by atoms with Gasteiger partial charge in [-0.1, -0.05) is 0 Å². The van der Waals surface area contributed by atoms with Crippen LogP contribution in [0.4, 0.5) is 5.69 Å². The second-order valence-electron chi connectivity index (χ2n) is 4.19. The van der Waals surface area contributed by atoms with Gasteiger partial charge in [-0.05, 0) is 13.3 Å². The number of carbonyl (C=O) groups excluding carboxylic acids is 1. The number of amides is 1. The summed E-state index contributed by atoms with van der Waals surface area (Å²) in [5, 5.41) is 17.4. The molecule has 0 aliphatic carbocycles. The molecule has 1 rings (SSSR count). The van der Waals surface area contributed by atoms with Gasteiger partial charge in [0, 0.05) is 26.2 Å². The number of ether oxygens (including phenoxy) is 2. The number of aryl methyl sites for hydroxylation is 1. The van der Waals surface area contributed by atoms with Crippen molar-refractivity contribution in [3.63, 3.8) is 0 Å². The number of hydrogen-bond donors (Lipinski definition) is 1. The zero-order valence-corrected chi connectivity index (χ0v) is 12.2. The van der Waals surface area contributed by atoms with E-state index in [4.69, 9.17) is 9.47 Å². The number of nitro groups is 1. The van der Waals surface area contributed by atoms with Crippen molar-refractivity contribution in [2.45, 2.75) is 26.3 Å². The molecule has 0 bridgehead atoms. The number of aromatic nitrogens is 2. The van der Waals surface area contributed by atoms with Gasteiger partial charge in [-0.2, -0.15) is 0 Å². The van der Waals surface area contributed by atoms with E-state index in [0.717, 1.165) is 6.42 Å². The number of rotatable bonds is 10. The van der Waals surface area contributed by atoms with Crippen molar-refractivity contribution in [1.29, 1.82) is 0 Å². The number of nitrogens with zero attached hydrogens (tertiary/aromatic N) is 3. The van der Waals surface area contributed by atoms with Gasteiger partial charge in [-0.25, -0.2) is 0 Å². The van der Waals surface area contributed by atoms with Gasteiger partial charge in [0.2, 0.25) is 5.91 Å². The Morgan fingerprint density at radius 1 is 1.57 bits per heavy atom. The van der Waals surface area contributed by atoms with E-state index in [1.807, 2.05) is 6.92 Å². The highest BCUT2D eigenvalue weighted by Crippen LogP contribution is 2.23. The van der Waals surface area contributed by atoms with E-state index in [1.165, 1.54) is 18.0 Å². The molecule has 21 heavy (non-hydrogen) atoms.